The highest BCUT2D eigenvalue weighted by Gasteiger charge is 2.32. The summed E-state index contributed by atoms with van der Waals surface area (Å²) in [6, 6.07) is 5.77. The number of ether oxygens (including phenoxy) is 1. The van der Waals surface area contributed by atoms with Gasteiger partial charge in [-0.25, -0.2) is 0 Å². The van der Waals surface area contributed by atoms with Gasteiger partial charge in [-0.2, -0.15) is 5.10 Å². The maximum absolute atomic E-state index is 13.0. The topological polar surface area (TPSA) is 58.2 Å². The Bertz CT molecular complexity index is 677. The van der Waals surface area contributed by atoms with Crippen molar-refractivity contribution in [2.45, 2.75) is 19.3 Å². The fraction of sp³-hybridized carbons (Fsp3) is 0.529. The van der Waals surface area contributed by atoms with E-state index in [1.54, 1.807) is 6.20 Å². The Morgan fingerprint density at radius 3 is 3.05 bits per heavy atom. The molecule has 1 aromatic heterocycles. The Kier molecular flexibility index (Phi) is 3.58. The van der Waals surface area contributed by atoms with Crippen molar-refractivity contribution in [3.05, 3.63) is 30.0 Å². The molecule has 1 saturated carbocycles. The van der Waals surface area contributed by atoms with Gasteiger partial charge in [0.2, 0.25) is 0 Å². The maximum atomic E-state index is 13.0. The first-order chi connectivity index (χ1) is 10.8. The van der Waals surface area contributed by atoms with Crippen LogP contribution in [0.4, 0.5) is 0 Å². The zero-order chi connectivity index (χ0) is 14.9. The molecule has 2 aromatic rings. The van der Waals surface area contributed by atoms with Gasteiger partial charge in [0.25, 0.3) is 5.91 Å². The van der Waals surface area contributed by atoms with Crippen molar-refractivity contribution in [1.82, 2.24) is 15.1 Å². The minimum Gasteiger partial charge on any atom is -0.379 e. The van der Waals surface area contributed by atoms with E-state index in [2.05, 4.69) is 10.2 Å². The summed E-state index contributed by atoms with van der Waals surface area (Å²) in [6.45, 7) is 2.91. The van der Waals surface area contributed by atoms with E-state index in [4.69, 9.17) is 4.74 Å². The molecule has 2 fully saturated rings. The number of hydrogen-bond acceptors (Lipinski definition) is 3. The van der Waals surface area contributed by atoms with E-state index in [9.17, 15) is 4.79 Å². The summed E-state index contributed by atoms with van der Waals surface area (Å²) in [5.74, 6) is 1.31. The summed E-state index contributed by atoms with van der Waals surface area (Å²) in [7, 11) is 0. The van der Waals surface area contributed by atoms with Gasteiger partial charge < -0.3 is 9.64 Å². The molecule has 1 unspecified atom stereocenters. The third kappa shape index (κ3) is 2.39. The van der Waals surface area contributed by atoms with Crippen LogP contribution in [-0.4, -0.2) is 47.3 Å². The molecule has 0 bridgehead atoms. The number of carbonyl (C=O) groups excluding carboxylic acids is 1. The first kappa shape index (κ1) is 13.8. The van der Waals surface area contributed by atoms with Crippen LogP contribution in [0, 0.1) is 11.8 Å². The number of nitrogens with one attached hydrogen (secondary N) is 1. The normalized spacial score (nSPS) is 23.3. The average molecular weight is 299 g/mol. The van der Waals surface area contributed by atoms with Crippen LogP contribution in [0.3, 0.4) is 0 Å². The van der Waals surface area contributed by atoms with Crippen LogP contribution >= 0.6 is 0 Å². The monoisotopic (exact) mass is 299 g/mol. The Morgan fingerprint density at radius 2 is 2.23 bits per heavy atom. The smallest absolute Gasteiger partial charge is 0.256 e. The van der Waals surface area contributed by atoms with Gasteiger partial charge in [-0.15, -0.1) is 0 Å². The van der Waals surface area contributed by atoms with Gasteiger partial charge in [0.05, 0.1) is 30.5 Å². The molecule has 5 heteroatoms. The molecule has 1 N–H and O–H groups in total. The van der Waals surface area contributed by atoms with E-state index in [1.165, 1.54) is 19.3 Å². The predicted molar refractivity (Wildman–Crippen MR) is 83.6 cm³/mol. The number of rotatable bonds is 2. The SMILES string of the molecule is O=C(c1cccc2cn[nH]c12)N1CCOCC(C2CCC2)C1. The van der Waals surface area contributed by atoms with E-state index in [0.717, 1.165) is 30.0 Å². The summed E-state index contributed by atoms with van der Waals surface area (Å²) >= 11 is 0. The molecule has 22 heavy (non-hydrogen) atoms. The average Bonchev–Trinajstić information content (AvgIpc) is 2.84. The van der Waals surface area contributed by atoms with Crippen molar-refractivity contribution in [2.75, 3.05) is 26.3 Å². The quantitative estimate of drug-likeness (QED) is 0.926. The summed E-state index contributed by atoms with van der Waals surface area (Å²) < 4.78 is 5.74. The highest BCUT2D eigenvalue weighted by Crippen LogP contribution is 2.35. The van der Waals surface area contributed by atoms with E-state index >= 15 is 0 Å². The van der Waals surface area contributed by atoms with E-state index in [-0.39, 0.29) is 5.91 Å². The van der Waals surface area contributed by atoms with Crippen LogP contribution < -0.4 is 0 Å². The lowest BCUT2D eigenvalue weighted by atomic mass is 9.76. The highest BCUT2D eigenvalue weighted by atomic mass is 16.5. The van der Waals surface area contributed by atoms with E-state index in [0.29, 0.717) is 24.6 Å². The lowest BCUT2D eigenvalue weighted by molar-refractivity contribution is 0.0688. The molecule has 116 valence electrons. The van der Waals surface area contributed by atoms with Crippen molar-refractivity contribution < 1.29 is 9.53 Å². The van der Waals surface area contributed by atoms with Crippen LogP contribution in [0.15, 0.2) is 24.4 Å². The molecule has 1 aliphatic carbocycles. The summed E-state index contributed by atoms with van der Waals surface area (Å²) in [5.41, 5.74) is 1.54. The lowest BCUT2D eigenvalue weighted by Gasteiger charge is -2.34. The van der Waals surface area contributed by atoms with Crippen LogP contribution in [0.2, 0.25) is 0 Å². The summed E-state index contributed by atoms with van der Waals surface area (Å²) in [4.78, 5) is 14.9. The summed E-state index contributed by atoms with van der Waals surface area (Å²) in [6.07, 6.45) is 5.65. The molecular formula is C17H21N3O2. The summed E-state index contributed by atoms with van der Waals surface area (Å²) in [5, 5.41) is 7.98. The first-order valence-corrected chi connectivity index (χ1v) is 8.12. The van der Waals surface area contributed by atoms with Gasteiger partial charge in [-0.3, -0.25) is 9.89 Å². The number of nitrogens with zero attached hydrogens (tertiary/aromatic N) is 2. The lowest BCUT2D eigenvalue weighted by Crippen LogP contribution is -2.39. The van der Waals surface area contributed by atoms with Crippen molar-refractivity contribution >= 4 is 16.8 Å². The van der Waals surface area contributed by atoms with Crippen molar-refractivity contribution in [1.29, 1.82) is 0 Å². The third-order valence-corrected chi connectivity index (χ3v) is 5.10. The van der Waals surface area contributed by atoms with E-state index in [1.807, 2.05) is 23.1 Å². The molecule has 1 amide bonds. The molecule has 1 saturated heterocycles. The zero-order valence-corrected chi connectivity index (χ0v) is 12.6. The van der Waals surface area contributed by atoms with Gasteiger partial charge in [0.1, 0.15) is 0 Å². The Morgan fingerprint density at radius 1 is 1.32 bits per heavy atom. The second kappa shape index (κ2) is 5.72. The van der Waals surface area contributed by atoms with Gasteiger partial charge in [-0.1, -0.05) is 31.4 Å². The fourth-order valence-electron chi connectivity index (χ4n) is 3.53. The number of carbonyl (C=O) groups is 1. The highest BCUT2D eigenvalue weighted by molar-refractivity contribution is 6.05. The molecule has 0 spiro atoms. The second-order valence-corrected chi connectivity index (χ2v) is 6.42. The van der Waals surface area contributed by atoms with Crippen molar-refractivity contribution in [3.8, 4) is 0 Å². The minimum atomic E-state index is 0.0877. The van der Waals surface area contributed by atoms with Gasteiger partial charge in [0.15, 0.2) is 0 Å². The second-order valence-electron chi connectivity index (χ2n) is 6.42. The van der Waals surface area contributed by atoms with Crippen LogP contribution in [0.5, 0.6) is 0 Å². The molecule has 2 heterocycles. The number of benzene rings is 1. The minimum absolute atomic E-state index is 0.0877. The first-order valence-electron chi connectivity index (χ1n) is 8.12. The Balaban J connectivity index is 1.59. The number of H-pyrrole nitrogens is 1. The fourth-order valence-corrected chi connectivity index (χ4v) is 3.53. The molecule has 5 nitrogen and oxygen atoms in total. The zero-order valence-electron chi connectivity index (χ0n) is 12.6. The number of para-hydroxylation sites is 1. The molecule has 0 radical (unpaired) electrons. The molecular weight excluding hydrogens is 278 g/mol. The number of amides is 1. The van der Waals surface area contributed by atoms with Crippen LogP contribution in [0.25, 0.3) is 10.9 Å². The Hall–Kier alpha value is -1.88. The molecule has 1 atom stereocenters. The Labute approximate surface area is 129 Å². The maximum Gasteiger partial charge on any atom is 0.256 e. The largest absolute Gasteiger partial charge is 0.379 e. The number of aromatic amines is 1. The number of hydrogen-bond donors (Lipinski definition) is 1. The molecule has 4 rings (SSSR count). The van der Waals surface area contributed by atoms with Crippen LogP contribution in [-0.2, 0) is 4.74 Å². The standard InChI is InChI=1S/C17H21N3O2/c21-17(15-6-2-5-13-9-18-19-16(13)15)20-7-8-22-11-14(10-20)12-3-1-4-12/h2,5-6,9,12,14H,1,3-4,7-8,10-11H2,(H,18,19). The molecule has 1 aliphatic heterocycles. The van der Waals surface area contributed by atoms with Crippen LogP contribution in [0.1, 0.15) is 29.6 Å². The van der Waals surface area contributed by atoms with E-state index < -0.39 is 0 Å². The van der Waals surface area contributed by atoms with Crippen molar-refractivity contribution in [2.24, 2.45) is 11.8 Å². The molecule has 2 aliphatic rings. The number of fused-ring (bicyclic) bond motifs is 1. The van der Waals surface area contributed by atoms with Gasteiger partial charge in [0, 0.05) is 24.4 Å². The van der Waals surface area contributed by atoms with Crippen molar-refractivity contribution in [3.63, 3.8) is 0 Å². The third-order valence-electron chi connectivity index (χ3n) is 5.10. The predicted octanol–water partition coefficient (Wildman–Crippen LogP) is 2.45. The molecule has 1 aromatic carbocycles. The number of aromatic nitrogens is 2. The van der Waals surface area contributed by atoms with Gasteiger partial charge >= 0.3 is 0 Å². The van der Waals surface area contributed by atoms with Gasteiger partial charge in [-0.05, 0) is 12.0 Å².